The number of alkyl halides is 3. The summed E-state index contributed by atoms with van der Waals surface area (Å²) in [5, 5.41) is 0.379. The largest absolute Gasteiger partial charge is 0.433 e. The molecule has 0 aliphatic carbocycles. The van der Waals surface area contributed by atoms with Crippen LogP contribution in [-0.2, 0) is 6.18 Å². The lowest BCUT2D eigenvalue weighted by molar-refractivity contribution is -0.141. The average Bonchev–Trinajstić information content (AvgIpc) is 2.03. The van der Waals surface area contributed by atoms with Crippen LogP contribution >= 0.6 is 11.8 Å². The van der Waals surface area contributed by atoms with Crippen LogP contribution in [0.25, 0.3) is 0 Å². The molecule has 1 aromatic rings. The van der Waals surface area contributed by atoms with Crippen molar-refractivity contribution in [3.8, 4) is 0 Å². The lowest BCUT2D eigenvalue weighted by Crippen LogP contribution is -2.07. The molecule has 0 spiro atoms. The van der Waals surface area contributed by atoms with Gasteiger partial charge in [0.15, 0.2) is 0 Å². The molecule has 0 saturated carbocycles. The third kappa shape index (κ3) is 2.14. The lowest BCUT2D eigenvalue weighted by Gasteiger charge is -2.05. The van der Waals surface area contributed by atoms with Crippen molar-refractivity contribution in [2.45, 2.75) is 11.2 Å². The van der Waals surface area contributed by atoms with Gasteiger partial charge >= 0.3 is 6.18 Å². The van der Waals surface area contributed by atoms with Gasteiger partial charge in [0.05, 0.1) is 5.03 Å². The first-order valence-corrected chi connectivity index (χ1v) is 4.35. The Morgan fingerprint density at radius 3 is 2.50 bits per heavy atom. The smallest absolute Gasteiger partial charge is 0.237 e. The number of thioether (sulfide) groups is 1. The van der Waals surface area contributed by atoms with E-state index in [0.29, 0.717) is 5.03 Å². The molecule has 0 aromatic carbocycles. The van der Waals surface area contributed by atoms with Crippen LogP contribution in [0.15, 0.2) is 23.2 Å². The molecule has 0 aliphatic heterocycles. The van der Waals surface area contributed by atoms with Crippen LogP contribution in [0.5, 0.6) is 0 Å². The maximum absolute atomic E-state index is 12.0. The lowest BCUT2D eigenvalue weighted by atomic mass is 10.3. The first kappa shape index (κ1) is 9.38. The summed E-state index contributed by atoms with van der Waals surface area (Å²) in [6.45, 7) is 0. The van der Waals surface area contributed by atoms with Gasteiger partial charge in [-0.2, -0.15) is 13.2 Å². The minimum atomic E-state index is -4.34. The fourth-order valence-electron chi connectivity index (χ4n) is 0.686. The summed E-state index contributed by atoms with van der Waals surface area (Å²) in [7, 11) is 0. The van der Waals surface area contributed by atoms with Crippen molar-refractivity contribution in [1.82, 2.24) is 4.98 Å². The highest BCUT2D eigenvalue weighted by Crippen LogP contribution is 2.28. The number of nitrogens with zero attached hydrogens (tertiary/aromatic N) is 1. The molecule has 12 heavy (non-hydrogen) atoms. The number of rotatable bonds is 1. The quantitative estimate of drug-likeness (QED) is 0.636. The zero-order chi connectivity index (χ0) is 9.19. The van der Waals surface area contributed by atoms with Crippen molar-refractivity contribution in [1.29, 1.82) is 0 Å². The van der Waals surface area contributed by atoms with Crippen LogP contribution in [0.4, 0.5) is 13.2 Å². The van der Waals surface area contributed by atoms with Gasteiger partial charge in [0.25, 0.3) is 0 Å². The molecule has 1 rings (SSSR count). The molecular formula is C7H6F3NS. The summed E-state index contributed by atoms with van der Waals surface area (Å²) in [6, 6.07) is 3.85. The molecule has 5 heteroatoms. The van der Waals surface area contributed by atoms with E-state index in [1.54, 1.807) is 12.3 Å². The van der Waals surface area contributed by atoms with Gasteiger partial charge in [0.2, 0.25) is 0 Å². The molecule has 0 aliphatic rings. The standard InChI is InChI=1S/C7H6F3NS/c1-12-6-4-2-3-5(11-6)7(8,9)10/h2-4H,1H3. The molecule has 0 bridgehead atoms. The number of pyridine rings is 1. The van der Waals surface area contributed by atoms with E-state index in [0.717, 1.165) is 6.07 Å². The highest BCUT2D eigenvalue weighted by Gasteiger charge is 2.32. The van der Waals surface area contributed by atoms with Gasteiger partial charge in [0, 0.05) is 0 Å². The van der Waals surface area contributed by atoms with Crippen LogP contribution < -0.4 is 0 Å². The van der Waals surface area contributed by atoms with E-state index in [-0.39, 0.29) is 0 Å². The minimum Gasteiger partial charge on any atom is -0.237 e. The Balaban J connectivity index is 3.02. The van der Waals surface area contributed by atoms with Crippen molar-refractivity contribution >= 4 is 11.8 Å². The molecule has 0 fully saturated rings. The molecule has 0 amide bonds. The molecule has 0 saturated heterocycles. The minimum absolute atomic E-state index is 0.379. The highest BCUT2D eigenvalue weighted by molar-refractivity contribution is 7.98. The average molecular weight is 193 g/mol. The zero-order valence-corrected chi connectivity index (χ0v) is 7.04. The Bertz CT molecular complexity index is 272. The van der Waals surface area contributed by atoms with Gasteiger partial charge < -0.3 is 0 Å². The Hall–Kier alpha value is -0.710. The molecule has 1 aromatic heterocycles. The van der Waals surface area contributed by atoms with E-state index in [9.17, 15) is 13.2 Å². The van der Waals surface area contributed by atoms with Gasteiger partial charge in [-0.25, -0.2) is 4.98 Å². The van der Waals surface area contributed by atoms with Crippen LogP contribution in [0.1, 0.15) is 5.69 Å². The van der Waals surface area contributed by atoms with Crippen molar-refractivity contribution in [3.05, 3.63) is 23.9 Å². The number of halogens is 3. The predicted molar refractivity (Wildman–Crippen MR) is 41.0 cm³/mol. The molecule has 1 nitrogen and oxygen atoms in total. The number of hydrogen-bond acceptors (Lipinski definition) is 2. The fourth-order valence-corrected chi connectivity index (χ4v) is 1.09. The number of aromatic nitrogens is 1. The summed E-state index contributed by atoms with van der Waals surface area (Å²) in [5.74, 6) is 0. The predicted octanol–water partition coefficient (Wildman–Crippen LogP) is 2.82. The van der Waals surface area contributed by atoms with Crippen molar-refractivity contribution in [2.24, 2.45) is 0 Å². The van der Waals surface area contributed by atoms with Gasteiger partial charge in [-0.05, 0) is 18.4 Å². The Morgan fingerprint density at radius 2 is 2.00 bits per heavy atom. The van der Waals surface area contributed by atoms with Crippen LogP contribution in [0.2, 0.25) is 0 Å². The molecule has 0 N–H and O–H groups in total. The topological polar surface area (TPSA) is 12.9 Å². The summed E-state index contributed by atoms with van der Waals surface area (Å²) in [5.41, 5.74) is -0.839. The molecule has 0 atom stereocenters. The van der Waals surface area contributed by atoms with Crippen molar-refractivity contribution in [2.75, 3.05) is 6.26 Å². The van der Waals surface area contributed by atoms with E-state index in [1.807, 2.05) is 0 Å². The first-order chi connectivity index (χ1) is 5.54. The SMILES string of the molecule is CSc1cccc(C(F)(F)F)n1. The monoisotopic (exact) mass is 193 g/mol. The second-order valence-corrected chi connectivity index (χ2v) is 2.89. The van der Waals surface area contributed by atoms with E-state index in [1.165, 1.54) is 17.8 Å². The van der Waals surface area contributed by atoms with E-state index in [2.05, 4.69) is 4.98 Å². The first-order valence-electron chi connectivity index (χ1n) is 3.12. The Labute approximate surface area is 72.0 Å². The normalized spacial score (nSPS) is 11.7. The molecule has 66 valence electrons. The summed E-state index contributed by atoms with van der Waals surface area (Å²) >= 11 is 1.19. The second-order valence-electron chi connectivity index (χ2n) is 2.06. The zero-order valence-electron chi connectivity index (χ0n) is 6.22. The molecular weight excluding hydrogens is 187 g/mol. The molecule has 0 radical (unpaired) electrons. The maximum atomic E-state index is 12.0. The summed E-state index contributed by atoms with van der Waals surface area (Å²) < 4.78 is 36.1. The fraction of sp³-hybridized carbons (Fsp3) is 0.286. The Morgan fingerprint density at radius 1 is 1.33 bits per heavy atom. The van der Waals surface area contributed by atoms with Gasteiger partial charge in [-0.1, -0.05) is 6.07 Å². The van der Waals surface area contributed by atoms with Gasteiger partial charge in [0.1, 0.15) is 5.69 Å². The summed E-state index contributed by atoms with van der Waals surface area (Å²) in [4.78, 5) is 3.40. The molecule has 0 unspecified atom stereocenters. The summed E-state index contributed by atoms with van der Waals surface area (Å²) in [6.07, 6.45) is -2.66. The van der Waals surface area contributed by atoms with E-state index >= 15 is 0 Å². The van der Waals surface area contributed by atoms with Crippen molar-refractivity contribution < 1.29 is 13.2 Å². The van der Waals surface area contributed by atoms with Crippen LogP contribution in [-0.4, -0.2) is 11.2 Å². The van der Waals surface area contributed by atoms with Gasteiger partial charge in [-0.15, -0.1) is 11.8 Å². The van der Waals surface area contributed by atoms with Crippen LogP contribution in [0.3, 0.4) is 0 Å². The van der Waals surface area contributed by atoms with E-state index in [4.69, 9.17) is 0 Å². The Kier molecular flexibility index (Phi) is 2.62. The van der Waals surface area contributed by atoms with Crippen LogP contribution in [0, 0.1) is 0 Å². The highest BCUT2D eigenvalue weighted by atomic mass is 32.2. The maximum Gasteiger partial charge on any atom is 0.433 e. The van der Waals surface area contributed by atoms with Gasteiger partial charge in [-0.3, -0.25) is 0 Å². The number of hydrogen-bond donors (Lipinski definition) is 0. The third-order valence-corrected chi connectivity index (χ3v) is 1.87. The van der Waals surface area contributed by atoms with E-state index < -0.39 is 11.9 Å². The second kappa shape index (κ2) is 3.35. The third-order valence-electron chi connectivity index (χ3n) is 1.22. The molecule has 1 heterocycles. The van der Waals surface area contributed by atoms with Crippen molar-refractivity contribution in [3.63, 3.8) is 0 Å².